The molecule has 1 amide bonds. The van der Waals surface area contributed by atoms with Gasteiger partial charge in [0.1, 0.15) is 6.04 Å². The molecule has 0 aliphatic heterocycles. The van der Waals surface area contributed by atoms with Crippen LogP contribution in [-0.4, -0.2) is 28.0 Å². The Bertz CT molecular complexity index is 358. The maximum Gasteiger partial charge on any atom is 0.325 e. The Morgan fingerprint density at radius 3 is 2.71 bits per heavy atom. The SMILES string of the molecule is Cc1ncoc1C(=O)N[C@H](C)C(=O)O. The number of aliphatic carboxylic acids is 1. The average Bonchev–Trinajstić information content (AvgIpc) is 2.51. The highest BCUT2D eigenvalue weighted by molar-refractivity contribution is 5.94. The van der Waals surface area contributed by atoms with Gasteiger partial charge in [-0.05, 0) is 13.8 Å². The number of nitrogens with zero attached hydrogens (tertiary/aromatic N) is 1. The van der Waals surface area contributed by atoms with Crippen LogP contribution in [0.5, 0.6) is 0 Å². The van der Waals surface area contributed by atoms with Crippen LogP contribution in [0.1, 0.15) is 23.2 Å². The van der Waals surface area contributed by atoms with Crippen LogP contribution in [0.3, 0.4) is 0 Å². The molecular formula is C8H10N2O4. The second-order valence-corrected chi connectivity index (χ2v) is 2.80. The van der Waals surface area contributed by atoms with Gasteiger partial charge in [-0.25, -0.2) is 4.98 Å². The molecule has 1 aromatic rings. The van der Waals surface area contributed by atoms with E-state index in [2.05, 4.69) is 10.3 Å². The molecule has 1 aromatic heterocycles. The fourth-order valence-electron chi connectivity index (χ4n) is 0.844. The molecule has 0 saturated carbocycles. The van der Waals surface area contributed by atoms with Gasteiger partial charge in [-0.2, -0.15) is 0 Å². The van der Waals surface area contributed by atoms with Crippen molar-refractivity contribution in [2.45, 2.75) is 19.9 Å². The zero-order valence-electron chi connectivity index (χ0n) is 7.77. The number of amides is 1. The lowest BCUT2D eigenvalue weighted by molar-refractivity contribution is -0.138. The lowest BCUT2D eigenvalue weighted by atomic mass is 10.3. The van der Waals surface area contributed by atoms with E-state index < -0.39 is 17.9 Å². The maximum atomic E-state index is 11.3. The first kappa shape index (κ1) is 10.2. The van der Waals surface area contributed by atoms with Crippen LogP contribution in [0, 0.1) is 6.92 Å². The Hall–Kier alpha value is -1.85. The number of aryl methyl sites for hydroxylation is 1. The molecule has 0 aliphatic rings. The van der Waals surface area contributed by atoms with Gasteiger partial charge in [0.15, 0.2) is 6.39 Å². The van der Waals surface area contributed by atoms with Crippen molar-refractivity contribution < 1.29 is 19.1 Å². The first-order valence-corrected chi connectivity index (χ1v) is 3.96. The first-order valence-electron chi connectivity index (χ1n) is 3.96. The van der Waals surface area contributed by atoms with Crippen molar-refractivity contribution in [3.05, 3.63) is 17.8 Å². The topological polar surface area (TPSA) is 92.4 Å². The van der Waals surface area contributed by atoms with Crippen molar-refractivity contribution in [1.82, 2.24) is 10.3 Å². The Kier molecular flexibility index (Phi) is 2.85. The molecule has 2 N–H and O–H groups in total. The van der Waals surface area contributed by atoms with Gasteiger partial charge in [-0.15, -0.1) is 0 Å². The van der Waals surface area contributed by atoms with Crippen LogP contribution < -0.4 is 5.32 Å². The number of carbonyl (C=O) groups is 2. The summed E-state index contributed by atoms with van der Waals surface area (Å²) >= 11 is 0. The summed E-state index contributed by atoms with van der Waals surface area (Å²) in [5, 5.41) is 10.8. The Morgan fingerprint density at radius 1 is 1.64 bits per heavy atom. The molecule has 0 bridgehead atoms. The van der Waals surface area contributed by atoms with Gasteiger partial charge in [0.25, 0.3) is 5.91 Å². The molecule has 0 fully saturated rings. The van der Waals surface area contributed by atoms with Crippen LogP contribution >= 0.6 is 0 Å². The van der Waals surface area contributed by atoms with E-state index in [9.17, 15) is 9.59 Å². The standard InChI is InChI=1S/C8H10N2O4/c1-4-6(14-3-9-4)7(11)10-5(2)8(12)13/h3,5H,1-2H3,(H,10,11)(H,12,13)/t5-/m1/s1. The van der Waals surface area contributed by atoms with Crippen molar-refractivity contribution in [2.75, 3.05) is 0 Å². The summed E-state index contributed by atoms with van der Waals surface area (Å²) in [4.78, 5) is 25.5. The van der Waals surface area contributed by atoms with Gasteiger partial charge in [0.05, 0.1) is 5.69 Å². The summed E-state index contributed by atoms with van der Waals surface area (Å²) in [7, 11) is 0. The highest BCUT2D eigenvalue weighted by atomic mass is 16.4. The number of carbonyl (C=O) groups excluding carboxylic acids is 1. The minimum absolute atomic E-state index is 0.0399. The number of hydrogen-bond acceptors (Lipinski definition) is 4. The highest BCUT2D eigenvalue weighted by Crippen LogP contribution is 2.04. The Morgan fingerprint density at radius 2 is 2.29 bits per heavy atom. The third kappa shape index (κ3) is 2.09. The normalized spacial score (nSPS) is 12.1. The van der Waals surface area contributed by atoms with E-state index in [1.54, 1.807) is 6.92 Å². The number of nitrogens with one attached hydrogen (secondary N) is 1. The number of carboxylic acids is 1. The smallest absolute Gasteiger partial charge is 0.325 e. The second-order valence-electron chi connectivity index (χ2n) is 2.80. The third-order valence-corrected chi connectivity index (χ3v) is 1.67. The third-order valence-electron chi connectivity index (χ3n) is 1.67. The van der Waals surface area contributed by atoms with Crippen molar-refractivity contribution in [3.8, 4) is 0 Å². The number of hydrogen-bond donors (Lipinski definition) is 2. The summed E-state index contributed by atoms with van der Waals surface area (Å²) in [6.45, 7) is 2.97. The molecule has 14 heavy (non-hydrogen) atoms. The molecule has 0 saturated heterocycles. The summed E-state index contributed by atoms with van der Waals surface area (Å²) in [6, 6.07) is -0.952. The van der Waals surface area contributed by atoms with E-state index in [0.29, 0.717) is 5.69 Å². The number of aromatic nitrogens is 1. The lowest BCUT2D eigenvalue weighted by Crippen LogP contribution is -2.38. The van der Waals surface area contributed by atoms with Crippen molar-refractivity contribution in [3.63, 3.8) is 0 Å². The Balaban J connectivity index is 2.69. The summed E-state index contributed by atoms with van der Waals surface area (Å²) in [5.74, 6) is -1.64. The zero-order chi connectivity index (χ0) is 10.7. The molecule has 0 unspecified atom stereocenters. The fraction of sp³-hybridized carbons (Fsp3) is 0.375. The second kappa shape index (κ2) is 3.91. The maximum absolute atomic E-state index is 11.3. The van der Waals surface area contributed by atoms with Gasteiger partial charge in [0.2, 0.25) is 5.76 Å². The Labute approximate surface area is 79.9 Å². The molecule has 1 rings (SSSR count). The first-order chi connectivity index (χ1) is 6.52. The van der Waals surface area contributed by atoms with Gasteiger partial charge in [-0.1, -0.05) is 0 Å². The largest absolute Gasteiger partial charge is 0.480 e. The molecular weight excluding hydrogens is 188 g/mol. The zero-order valence-corrected chi connectivity index (χ0v) is 7.77. The molecule has 76 valence electrons. The predicted molar refractivity (Wildman–Crippen MR) is 45.8 cm³/mol. The molecule has 6 nitrogen and oxygen atoms in total. The van der Waals surface area contributed by atoms with Gasteiger partial charge >= 0.3 is 5.97 Å². The summed E-state index contributed by atoms with van der Waals surface area (Å²) < 4.78 is 4.79. The minimum atomic E-state index is -1.10. The van der Waals surface area contributed by atoms with Crippen LogP contribution in [0.15, 0.2) is 10.8 Å². The quantitative estimate of drug-likeness (QED) is 0.723. The fourth-order valence-corrected chi connectivity index (χ4v) is 0.844. The number of carboxylic acid groups (broad SMARTS) is 1. The van der Waals surface area contributed by atoms with Crippen molar-refractivity contribution in [1.29, 1.82) is 0 Å². The molecule has 0 spiro atoms. The van der Waals surface area contributed by atoms with Crippen LogP contribution in [0.4, 0.5) is 0 Å². The molecule has 0 aliphatic carbocycles. The number of rotatable bonds is 3. The summed E-state index contributed by atoms with van der Waals surface area (Å²) in [6.07, 6.45) is 1.13. The monoisotopic (exact) mass is 198 g/mol. The van der Waals surface area contributed by atoms with E-state index in [0.717, 1.165) is 6.39 Å². The van der Waals surface area contributed by atoms with Crippen molar-refractivity contribution in [2.24, 2.45) is 0 Å². The van der Waals surface area contributed by atoms with Gasteiger partial charge in [-0.3, -0.25) is 9.59 Å². The van der Waals surface area contributed by atoms with E-state index in [1.165, 1.54) is 6.92 Å². The van der Waals surface area contributed by atoms with Crippen LogP contribution in [0.2, 0.25) is 0 Å². The van der Waals surface area contributed by atoms with Gasteiger partial charge in [0, 0.05) is 0 Å². The molecule has 6 heteroatoms. The lowest BCUT2D eigenvalue weighted by Gasteiger charge is -2.06. The predicted octanol–water partition coefficient (Wildman–Crippen LogP) is 0.186. The average molecular weight is 198 g/mol. The van der Waals surface area contributed by atoms with E-state index >= 15 is 0 Å². The highest BCUT2D eigenvalue weighted by Gasteiger charge is 2.19. The molecule has 1 atom stereocenters. The molecule has 1 heterocycles. The molecule has 0 aromatic carbocycles. The van der Waals surface area contributed by atoms with Crippen molar-refractivity contribution >= 4 is 11.9 Å². The van der Waals surface area contributed by atoms with E-state index in [4.69, 9.17) is 9.52 Å². The minimum Gasteiger partial charge on any atom is -0.480 e. The van der Waals surface area contributed by atoms with Gasteiger partial charge < -0.3 is 14.8 Å². The van der Waals surface area contributed by atoms with Crippen LogP contribution in [0.25, 0.3) is 0 Å². The van der Waals surface area contributed by atoms with E-state index in [-0.39, 0.29) is 5.76 Å². The van der Waals surface area contributed by atoms with E-state index in [1.807, 2.05) is 0 Å². The van der Waals surface area contributed by atoms with Crippen LogP contribution in [-0.2, 0) is 4.79 Å². The molecule has 0 radical (unpaired) electrons. The summed E-state index contributed by atoms with van der Waals surface area (Å²) in [5.41, 5.74) is 0.431. The number of oxazole rings is 1.